The van der Waals surface area contributed by atoms with Gasteiger partial charge in [-0.3, -0.25) is 4.79 Å². The Morgan fingerprint density at radius 2 is 1.72 bits per heavy atom. The van der Waals surface area contributed by atoms with Gasteiger partial charge in [0.25, 0.3) is 5.91 Å². The largest absolute Gasteiger partial charge is 0.322 e. The van der Waals surface area contributed by atoms with Crippen LogP contribution in [0.15, 0.2) is 53.0 Å². The first kappa shape index (κ1) is 18.0. The Hall–Kier alpha value is -1.76. The van der Waals surface area contributed by atoms with Gasteiger partial charge < -0.3 is 15.1 Å². The van der Waals surface area contributed by atoms with Gasteiger partial charge in [0.2, 0.25) is 0 Å². The molecule has 2 aromatic carbocycles. The number of piperazine rings is 1. The number of hydrogen-bond acceptors (Lipinski definition) is 1. The normalized spacial score (nSPS) is 20.2. The van der Waals surface area contributed by atoms with E-state index in [0.717, 1.165) is 32.7 Å². The lowest BCUT2D eigenvalue weighted by Gasteiger charge is -2.29. The van der Waals surface area contributed by atoms with Crippen LogP contribution in [0, 0.1) is 5.82 Å². The molecule has 132 valence electrons. The van der Waals surface area contributed by atoms with Crippen LogP contribution in [0.25, 0.3) is 0 Å². The third-order valence-electron chi connectivity index (χ3n) is 4.58. The molecule has 0 bridgehead atoms. The minimum absolute atomic E-state index is 0.136. The first-order valence-corrected chi connectivity index (χ1v) is 9.35. The number of anilines is 1. The standard InChI is InChI=1S/C19H21BrFN3O/c20-16-6-7-18(17(21)12-16)22-19(25)14-24-10-8-23(9-11-24)13-15-4-2-1-3-5-15/h1-7,12H,8-11,13-14H2,(H,22,25)/p+2. The average molecular weight is 408 g/mol. The van der Waals surface area contributed by atoms with Gasteiger partial charge >= 0.3 is 0 Å². The van der Waals surface area contributed by atoms with Crippen molar-refractivity contribution in [3.05, 3.63) is 64.4 Å². The molecule has 1 aliphatic heterocycles. The number of carbonyl (C=O) groups excluding carboxylic acids is 1. The molecule has 1 amide bonds. The number of rotatable bonds is 5. The summed E-state index contributed by atoms with van der Waals surface area (Å²) in [5.41, 5.74) is 1.59. The highest BCUT2D eigenvalue weighted by atomic mass is 79.9. The average Bonchev–Trinajstić information content (AvgIpc) is 2.60. The zero-order chi connectivity index (χ0) is 17.6. The molecule has 4 nitrogen and oxygen atoms in total. The molecule has 6 heteroatoms. The Balaban J connectivity index is 1.44. The summed E-state index contributed by atoms with van der Waals surface area (Å²) in [6.07, 6.45) is 0. The van der Waals surface area contributed by atoms with Crippen LogP contribution in [0.1, 0.15) is 5.56 Å². The van der Waals surface area contributed by atoms with Crippen LogP contribution in [-0.4, -0.2) is 38.6 Å². The van der Waals surface area contributed by atoms with Crippen molar-refractivity contribution in [3.8, 4) is 0 Å². The van der Waals surface area contributed by atoms with E-state index in [-0.39, 0.29) is 11.6 Å². The number of amides is 1. The topological polar surface area (TPSA) is 38.0 Å². The van der Waals surface area contributed by atoms with E-state index in [9.17, 15) is 9.18 Å². The van der Waals surface area contributed by atoms with E-state index < -0.39 is 5.82 Å². The summed E-state index contributed by atoms with van der Waals surface area (Å²) < 4.78 is 14.5. The lowest BCUT2D eigenvalue weighted by Crippen LogP contribution is -3.28. The Morgan fingerprint density at radius 3 is 2.40 bits per heavy atom. The first-order chi connectivity index (χ1) is 12.1. The van der Waals surface area contributed by atoms with Gasteiger partial charge in [-0.25, -0.2) is 4.39 Å². The molecular formula is C19H23BrFN3O+2. The molecule has 0 spiro atoms. The molecule has 0 aromatic heterocycles. The molecule has 0 atom stereocenters. The Labute approximate surface area is 155 Å². The molecule has 3 rings (SSSR count). The number of halogens is 2. The molecule has 0 unspecified atom stereocenters. The van der Waals surface area contributed by atoms with Gasteiger partial charge in [-0.05, 0) is 18.2 Å². The molecular weight excluding hydrogens is 385 g/mol. The summed E-state index contributed by atoms with van der Waals surface area (Å²) in [7, 11) is 0. The van der Waals surface area contributed by atoms with Crippen molar-refractivity contribution in [2.24, 2.45) is 0 Å². The number of quaternary nitrogens is 2. The summed E-state index contributed by atoms with van der Waals surface area (Å²) in [5, 5.41) is 2.67. The third kappa shape index (κ3) is 5.36. The summed E-state index contributed by atoms with van der Waals surface area (Å²) in [6.45, 7) is 5.42. The monoisotopic (exact) mass is 407 g/mol. The minimum atomic E-state index is -0.421. The van der Waals surface area contributed by atoms with Crippen molar-refractivity contribution in [2.45, 2.75) is 6.54 Å². The zero-order valence-electron chi connectivity index (χ0n) is 14.0. The molecule has 1 heterocycles. The summed E-state index contributed by atoms with van der Waals surface area (Å²) in [4.78, 5) is 15.0. The molecule has 2 aromatic rings. The molecule has 25 heavy (non-hydrogen) atoms. The van der Waals surface area contributed by atoms with Gasteiger partial charge in [0, 0.05) is 10.0 Å². The second-order valence-electron chi connectivity index (χ2n) is 6.51. The van der Waals surface area contributed by atoms with Crippen LogP contribution in [0.2, 0.25) is 0 Å². The summed E-state index contributed by atoms with van der Waals surface area (Å²) in [6, 6.07) is 15.1. The zero-order valence-corrected chi connectivity index (χ0v) is 15.6. The van der Waals surface area contributed by atoms with Crippen molar-refractivity contribution in [1.82, 2.24) is 0 Å². The van der Waals surface area contributed by atoms with Crippen molar-refractivity contribution >= 4 is 27.5 Å². The predicted octanol–water partition coefficient (Wildman–Crippen LogP) is 0.510. The van der Waals surface area contributed by atoms with Crippen LogP contribution < -0.4 is 15.1 Å². The fourth-order valence-corrected chi connectivity index (χ4v) is 3.54. The predicted molar refractivity (Wildman–Crippen MR) is 99.1 cm³/mol. The van der Waals surface area contributed by atoms with E-state index in [0.29, 0.717) is 11.0 Å². The van der Waals surface area contributed by atoms with Crippen molar-refractivity contribution in [3.63, 3.8) is 0 Å². The summed E-state index contributed by atoms with van der Waals surface area (Å²) in [5.74, 6) is -0.558. The maximum atomic E-state index is 13.8. The minimum Gasteiger partial charge on any atom is -0.322 e. The SMILES string of the molecule is O=C(C[NH+]1CC[NH+](Cc2ccccc2)CC1)Nc1ccc(Br)cc1F. The van der Waals surface area contributed by atoms with Gasteiger partial charge in [0.15, 0.2) is 6.54 Å². The highest BCUT2D eigenvalue weighted by Gasteiger charge is 2.25. The Kier molecular flexibility index (Phi) is 6.18. The van der Waals surface area contributed by atoms with Crippen LogP contribution >= 0.6 is 15.9 Å². The van der Waals surface area contributed by atoms with Crippen LogP contribution in [0.3, 0.4) is 0 Å². The molecule has 1 saturated heterocycles. The maximum absolute atomic E-state index is 13.8. The summed E-state index contributed by atoms with van der Waals surface area (Å²) >= 11 is 3.21. The lowest BCUT2D eigenvalue weighted by atomic mass is 10.2. The van der Waals surface area contributed by atoms with E-state index in [1.807, 2.05) is 6.07 Å². The number of nitrogens with one attached hydrogen (secondary N) is 3. The molecule has 0 aliphatic carbocycles. The smallest absolute Gasteiger partial charge is 0.279 e. The Morgan fingerprint density at radius 1 is 1.04 bits per heavy atom. The number of hydrogen-bond donors (Lipinski definition) is 3. The lowest BCUT2D eigenvalue weighted by molar-refractivity contribution is -1.02. The Bertz CT molecular complexity index is 718. The highest BCUT2D eigenvalue weighted by Crippen LogP contribution is 2.18. The van der Waals surface area contributed by atoms with Crippen molar-refractivity contribution < 1.29 is 19.0 Å². The van der Waals surface area contributed by atoms with Gasteiger partial charge in [-0.1, -0.05) is 46.3 Å². The quantitative estimate of drug-likeness (QED) is 0.663. The van der Waals surface area contributed by atoms with E-state index >= 15 is 0 Å². The second-order valence-corrected chi connectivity index (χ2v) is 7.43. The van der Waals surface area contributed by atoms with Gasteiger partial charge in [-0.15, -0.1) is 0 Å². The molecule has 3 N–H and O–H groups in total. The molecule has 0 saturated carbocycles. The number of carbonyl (C=O) groups is 1. The van der Waals surface area contributed by atoms with Crippen molar-refractivity contribution in [1.29, 1.82) is 0 Å². The highest BCUT2D eigenvalue weighted by molar-refractivity contribution is 9.10. The molecule has 1 aliphatic rings. The third-order valence-corrected chi connectivity index (χ3v) is 5.07. The van der Waals surface area contributed by atoms with E-state index in [1.54, 1.807) is 17.0 Å². The molecule has 1 fully saturated rings. The van der Waals surface area contributed by atoms with E-state index in [4.69, 9.17) is 0 Å². The van der Waals surface area contributed by atoms with E-state index in [1.165, 1.54) is 16.5 Å². The fraction of sp³-hybridized carbons (Fsp3) is 0.316. The van der Waals surface area contributed by atoms with Crippen LogP contribution in [-0.2, 0) is 11.3 Å². The van der Waals surface area contributed by atoms with Crippen molar-refractivity contribution in [2.75, 3.05) is 38.0 Å². The second kappa shape index (κ2) is 8.56. The van der Waals surface area contributed by atoms with Gasteiger partial charge in [-0.2, -0.15) is 0 Å². The van der Waals surface area contributed by atoms with Gasteiger partial charge in [0.05, 0.1) is 5.69 Å². The van der Waals surface area contributed by atoms with Gasteiger partial charge in [0.1, 0.15) is 38.5 Å². The first-order valence-electron chi connectivity index (χ1n) is 8.56. The number of benzene rings is 2. The van der Waals surface area contributed by atoms with E-state index in [2.05, 4.69) is 45.5 Å². The van der Waals surface area contributed by atoms with Crippen LogP contribution in [0.4, 0.5) is 10.1 Å². The molecule has 0 radical (unpaired) electrons. The van der Waals surface area contributed by atoms with Crippen LogP contribution in [0.5, 0.6) is 0 Å². The fourth-order valence-electron chi connectivity index (χ4n) is 3.21. The maximum Gasteiger partial charge on any atom is 0.279 e.